The maximum atomic E-state index is 6.19. The van der Waals surface area contributed by atoms with Gasteiger partial charge in [-0.05, 0) is 30.7 Å². The van der Waals surface area contributed by atoms with Crippen LogP contribution in [0.1, 0.15) is 16.8 Å². The van der Waals surface area contributed by atoms with Crippen molar-refractivity contribution < 1.29 is 0 Å². The summed E-state index contributed by atoms with van der Waals surface area (Å²) >= 11 is 6.19. The number of hydrogen-bond donors (Lipinski definition) is 2. The molecule has 4 nitrogen and oxygen atoms in total. The van der Waals surface area contributed by atoms with Crippen LogP contribution in [0.25, 0.3) is 10.9 Å². The van der Waals surface area contributed by atoms with Crippen molar-refractivity contribution in [3.63, 3.8) is 0 Å². The summed E-state index contributed by atoms with van der Waals surface area (Å²) in [6, 6.07) is 7.84. The number of halogens is 1. The lowest BCUT2D eigenvalue weighted by molar-refractivity contribution is 0.693. The average molecular weight is 287 g/mol. The Morgan fingerprint density at radius 2 is 2.05 bits per heavy atom. The van der Waals surface area contributed by atoms with Gasteiger partial charge in [-0.2, -0.15) is 5.10 Å². The van der Waals surface area contributed by atoms with Crippen LogP contribution in [0, 0.1) is 6.92 Å². The Morgan fingerprint density at radius 1 is 1.20 bits per heavy atom. The van der Waals surface area contributed by atoms with Crippen molar-refractivity contribution in [3.8, 4) is 0 Å². The van der Waals surface area contributed by atoms with Gasteiger partial charge >= 0.3 is 0 Å². The van der Waals surface area contributed by atoms with Crippen LogP contribution in [0.3, 0.4) is 0 Å². The number of rotatable bonds is 4. The number of hydrogen-bond acceptors (Lipinski definition) is 3. The topological polar surface area (TPSA) is 53.6 Å². The predicted molar refractivity (Wildman–Crippen MR) is 80.6 cm³/mol. The molecule has 0 saturated heterocycles. The van der Waals surface area contributed by atoms with E-state index in [1.54, 1.807) is 6.20 Å². The zero-order chi connectivity index (χ0) is 13.9. The van der Waals surface area contributed by atoms with Gasteiger partial charge in [0.2, 0.25) is 0 Å². The van der Waals surface area contributed by atoms with Gasteiger partial charge in [0.25, 0.3) is 0 Å². The van der Waals surface area contributed by atoms with Crippen LogP contribution in [0.2, 0.25) is 5.02 Å². The second kappa shape index (κ2) is 5.61. The van der Waals surface area contributed by atoms with E-state index in [1.165, 1.54) is 5.56 Å². The predicted octanol–water partition coefficient (Wildman–Crippen LogP) is 3.21. The van der Waals surface area contributed by atoms with Crippen molar-refractivity contribution in [2.45, 2.75) is 20.0 Å². The molecule has 0 saturated carbocycles. The largest absolute Gasteiger partial charge is 0.308 e. The van der Waals surface area contributed by atoms with Gasteiger partial charge in [-0.25, -0.2) is 0 Å². The summed E-state index contributed by atoms with van der Waals surface area (Å²) < 4.78 is 0. The van der Waals surface area contributed by atoms with E-state index in [0.29, 0.717) is 0 Å². The molecule has 2 aromatic heterocycles. The number of aromatic amines is 1. The minimum Gasteiger partial charge on any atom is -0.308 e. The van der Waals surface area contributed by atoms with Gasteiger partial charge in [0, 0.05) is 41.0 Å². The number of pyridine rings is 1. The fourth-order valence-corrected chi connectivity index (χ4v) is 2.44. The van der Waals surface area contributed by atoms with Crippen LogP contribution >= 0.6 is 11.6 Å². The zero-order valence-electron chi connectivity index (χ0n) is 11.2. The van der Waals surface area contributed by atoms with E-state index in [9.17, 15) is 0 Å². The highest BCUT2D eigenvalue weighted by atomic mass is 35.5. The third kappa shape index (κ3) is 2.53. The molecule has 2 N–H and O–H groups in total. The standard InChI is InChI=1S/C15H15ClN4/c1-10-12(9-19-20-10)8-17-7-11-4-5-14(16)13-3-2-6-18-15(11)13/h2-6,9,17H,7-8H2,1H3,(H,19,20). The SMILES string of the molecule is Cc1[nH]ncc1CNCc1ccc(Cl)c2cccnc12. The quantitative estimate of drug-likeness (QED) is 0.774. The van der Waals surface area contributed by atoms with E-state index in [2.05, 4.69) is 20.5 Å². The number of fused-ring (bicyclic) bond motifs is 1. The lowest BCUT2D eigenvalue weighted by Crippen LogP contribution is -2.13. The zero-order valence-corrected chi connectivity index (χ0v) is 11.9. The molecule has 20 heavy (non-hydrogen) atoms. The van der Waals surface area contributed by atoms with Gasteiger partial charge in [0.1, 0.15) is 0 Å². The van der Waals surface area contributed by atoms with Crippen LogP contribution in [0.15, 0.2) is 36.7 Å². The van der Waals surface area contributed by atoms with Crippen molar-refractivity contribution in [2.75, 3.05) is 0 Å². The van der Waals surface area contributed by atoms with E-state index in [0.717, 1.165) is 40.3 Å². The second-order valence-electron chi connectivity index (χ2n) is 4.73. The van der Waals surface area contributed by atoms with Gasteiger partial charge in [0.15, 0.2) is 0 Å². The summed E-state index contributed by atoms with van der Waals surface area (Å²) in [5.74, 6) is 0. The first-order chi connectivity index (χ1) is 9.75. The van der Waals surface area contributed by atoms with E-state index >= 15 is 0 Å². The first kappa shape index (κ1) is 13.1. The van der Waals surface area contributed by atoms with Gasteiger partial charge in [0.05, 0.1) is 11.7 Å². The molecule has 3 aromatic rings. The maximum absolute atomic E-state index is 6.19. The summed E-state index contributed by atoms with van der Waals surface area (Å²) in [6.45, 7) is 3.54. The molecule has 0 aliphatic carbocycles. The smallest absolute Gasteiger partial charge is 0.0761 e. The third-order valence-corrected chi connectivity index (χ3v) is 3.69. The first-order valence-corrected chi connectivity index (χ1v) is 6.85. The van der Waals surface area contributed by atoms with E-state index in [4.69, 9.17) is 11.6 Å². The van der Waals surface area contributed by atoms with Crippen molar-refractivity contribution in [1.82, 2.24) is 20.5 Å². The monoisotopic (exact) mass is 286 g/mol. The molecule has 0 radical (unpaired) electrons. The Kier molecular flexibility index (Phi) is 3.67. The second-order valence-corrected chi connectivity index (χ2v) is 5.14. The van der Waals surface area contributed by atoms with Crippen LogP contribution in [-0.4, -0.2) is 15.2 Å². The minimum atomic E-state index is 0.738. The molecular formula is C15H15ClN4. The number of H-pyrrole nitrogens is 1. The van der Waals surface area contributed by atoms with Gasteiger partial charge in [-0.15, -0.1) is 0 Å². The van der Waals surface area contributed by atoms with Crippen molar-refractivity contribution in [2.24, 2.45) is 0 Å². The fourth-order valence-electron chi connectivity index (χ4n) is 2.22. The Balaban J connectivity index is 1.78. The maximum Gasteiger partial charge on any atom is 0.0761 e. The molecule has 0 fully saturated rings. The molecule has 102 valence electrons. The number of nitrogens with one attached hydrogen (secondary N) is 2. The molecule has 0 spiro atoms. The third-order valence-electron chi connectivity index (χ3n) is 3.37. The Hall–Kier alpha value is -1.91. The Labute approximate surface area is 122 Å². The Morgan fingerprint density at radius 3 is 2.85 bits per heavy atom. The molecule has 2 heterocycles. The van der Waals surface area contributed by atoms with Crippen molar-refractivity contribution >= 4 is 22.5 Å². The number of benzene rings is 1. The van der Waals surface area contributed by atoms with Gasteiger partial charge in [-0.3, -0.25) is 10.1 Å². The average Bonchev–Trinajstić information content (AvgIpc) is 2.87. The molecule has 0 bridgehead atoms. The van der Waals surface area contributed by atoms with E-state index in [1.807, 2.05) is 37.4 Å². The molecule has 3 rings (SSSR count). The first-order valence-electron chi connectivity index (χ1n) is 6.47. The highest BCUT2D eigenvalue weighted by molar-refractivity contribution is 6.35. The molecule has 0 aliphatic heterocycles. The highest BCUT2D eigenvalue weighted by Crippen LogP contribution is 2.24. The lowest BCUT2D eigenvalue weighted by Gasteiger charge is -2.08. The van der Waals surface area contributed by atoms with Gasteiger partial charge < -0.3 is 5.32 Å². The van der Waals surface area contributed by atoms with Crippen molar-refractivity contribution in [1.29, 1.82) is 0 Å². The molecule has 0 aliphatic rings. The molecule has 0 amide bonds. The molecule has 0 atom stereocenters. The molecule has 1 aromatic carbocycles. The normalized spacial score (nSPS) is 11.1. The van der Waals surface area contributed by atoms with E-state index < -0.39 is 0 Å². The summed E-state index contributed by atoms with van der Waals surface area (Å²) in [5.41, 5.74) is 4.37. The molecule has 5 heteroatoms. The highest BCUT2D eigenvalue weighted by Gasteiger charge is 2.06. The number of aromatic nitrogens is 3. The fraction of sp³-hybridized carbons (Fsp3) is 0.200. The Bertz CT molecular complexity index is 736. The van der Waals surface area contributed by atoms with Gasteiger partial charge in [-0.1, -0.05) is 17.7 Å². The summed E-state index contributed by atoms with van der Waals surface area (Å²) in [7, 11) is 0. The van der Waals surface area contributed by atoms with Crippen LogP contribution in [0.4, 0.5) is 0 Å². The van der Waals surface area contributed by atoms with Crippen LogP contribution in [-0.2, 0) is 13.1 Å². The number of aryl methyl sites for hydroxylation is 1. The van der Waals surface area contributed by atoms with Crippen LogP contribution < -0.4 is 5.32 Å². The van der Waals surface area contributed by atoms with E-state index in [-0.39, 0.29) is 0 Å². The molecular weight excluding hydrogens is 272 g/mol. The van der Waals surface area contributed by atoms with Crippen molar-refractivity contribution in [3.05, 3.63) is 58.5 Å². The number of nitrogens with zero attached hydrogens (tertiary/aromatic N) is 2. The minimum absolute atomic E-state index is 0.738. The lowest BCUT2D eigenvalue weighted by atomic mass is 10.1. The molecule has 0 unspecified atom stereocenters. The summed E-state index contributed by atoms with van der Waals surface area (Å²) in [5, 5.41) is 12.1. The van der Waals surface area contributed by atoms with Crippen LogP contribution in [0.5, 0.6) is 0 Å². The summed E-state index contributed by atoms with van der Waals surface area (Å²) in [4.78, 5) is 4.43. The summed E-state index contributed by atoms with van der Waals surface area (Å²) in [6.07, 6.45) is 3.64.